The van der Waals surface area contributed by atoms with Crippen molar-refractivity contribution in [1.82, 2.24) is 10.3 Å². The van der Waals surface area contributed by atoms with Crippen LogP contribution in [0, 0.1) is 5.41 Å². The highest BCUT2D eigenvalue weighted by atomic mass is 16.5. The molecule has 0 aliphatic carbocycles. The maximum absolute atomic E-state index is 5.40. The summed E-state index contributed by atoms with van der Waals surface area (Å²) >= 11 is 0. The molecule has 1 rings (SSSR count). The highest BCUT2D eigenvalue weighted by molar-refractivity contribution is 5.33. The number of pyridine rings is 1. The lowest BCUT2D eigenvalue weighted by molar-refractivity contribution is 0.265. The number of hydrogen-bond acceptors (Lipinski definition) is 3. The minimum atomic E-state index is 0.143. The molecule has 0 aliphatic rings. The zero-order valence-corrected chi connectivity index (χ0v) is 11.6. The molecule has 0 saturated heterocycles. The smallest absolute Gasteiger partial charge is 0.141 e. The second-order valence-corrected chi connectivity index (χ2v) is 5.37. The average Bonchev–Trinajstić information content (AvgIpc) is 2.28. The van der Waals surface area contributed by atoms with Crippen molar-refractivity contribution in [2.24, 2.45) is 5.41 Å². The third-order valence-corrected chi connectivity index (χ3v) is 2.81. The van der Waals surface area contributed by atoms with Gasteiger partial charge in [0.05, 0.1) is 13.3 Å². The zero-order chi connectivity index (χ0) is 12.9. The van der Waals surface area contributed by atoms with E-state index in [0.717, 1.165) is 18.7 Å². The van der Waals surface area contributed by atoms with E-state index in [1.807, 2.05) is 12.3 Å². The van der Waals surface area contributed by atoms with E-state index in [0.29, 0.717) is 0 Å². The molecule has 3 heteroatoms. The van der Waals surface area contributed by atoms with Crippen LogP contribution in [-0.2, 0) is 0 Å². The Kier molecular flexibility index (Phi) is 4.94. The molecule has 1 N–H and O–H groups in total. The fourth-order valence-electron chi connectivity index (χ4n) is 1.97. The van der Waals surface area contributed by atoms with Gasteiger partial charge in [0.25, 0.3) is 0 Å². The summed E-state index contributed by atoms with van der Waals surface area (Å²) in [7, 11) is 1.69. The van der Waals surface area contributed by atoms with Crippen molar-refractivity contribution in [1.29, 1.82) is 0 Å². The van der Waals surface area contributed by atoms with Crippen LogP contribution in [0.25, 0.3) is 0 Å². The standard InChI is InChI=1S/C14H24N2O/c1-6-8-16-13(14(2,3)4)11-7-9-15-10-12(11)17-5/h7,9-10,13,16H,6,8H2,1-5H3. The molecule has 1 aromatic rings. The molecule has 0 fully saturated rings. The molecular weight excluding hydrogens is 212 g/mol. The molecule has 0 saturated carbocycles. The van der Waals surface area contributed by atoms with Crippen molar-refractivity contribution < 1.29 is 4.74 Å². The van der Waals surface area contributed by atoms with Crippen LogP contribution in [0.4, 0.5) is 0 Å². The number of methoxy groups -OCH3 is 1. The first-order chi connectivity index (χ1) is 8.00. The van der Waals surface area contributed by atoms with Gasteiger partial charge in [0.15, 0.2) is 0 Å². The number of aromatic nitrogens is 1. The lowest BCUT2D eigenvalue weighted by Gasteiger charge is -2.32. The maximum atomic E-state index is 5.40. The molecule has 1 unspecified atom stereocenters. The second-order valence-electron chi connectivity index (χ2n) is 5.37. The van der Waals surface area contributed by atoms with Crippen LogP contribution in [0.5, 0.6) is 5.75 Å². The number of hydrogen-bond donors (Lipinski definition) is 1. The number of nitrogens with zero attached hydrogens (tertiary/aromatic N) is 1. The molecule has 1 aromatic heterocycles. The summed E-state index contributed by atoms with van der Waals surface area (Å²) in [5, 5.41) is 3.59. The van der Waals surface area contributed by atoms with Crippen LogP contribution in [0.15, 0.2) is 18.5 Å². The quantitative estimate of drug-likeness (QED) is 0.852. The summed E-state index contributed by atoms with van der Waals surface area (Å²) in [5.74, 6) is 0.857. The van der Waals surface area contributed by atoms with Gasteiger partial charge in [-0.2, -0.15) is 0 Å². The van der Waals surface area contributed by atoms with Gasteiger partial charge < -0.3 is 10.1 Å². The van der Waals surface area contributed by atoms with Gasteiger partial charge in [0.1, 0.15) is 5.75 Å². The fourth-order valence-corrected chi connectivity index (χ4v) is 1.97. The summed E-state index contributed by atoms with van der Waals surface area (Å²) < 4.78 is 5.40. The van der Waals surface area contributed by atoms with E-state index in [1.165, 1.54) is 5.56 Å². The first-order valence-corrected chi connectivity index (χ1v) is 6.22. The van der Waals surface area contributed by atoms with Gasteiger partial charge in [0.2, 0.25) is 0 Å². The van der Waals surface area contributed by atoms with Crippen LogP contribution in [0.1, 0.15) is 45.7 Å². The van der Waals surface area contributed by atoms with E-state index in [2.05, 4.69) is 38.0 Å². The minimum Gasteiger partial charge on any atom is -0.495 e. The van der Waals surface area contributed by atoms with Gasteiger partial charge >= 0.3 is 0 Å². The Morgan fingerprint density at radius 3 is 2.65 bits per heavy atom. The van der Waals surface area contributed by atoms with Crippen LogP contribution in [0.3, 0.4) is 0 Å². The first kappa shape index (κ1) is 14.0. The van der Waals surface area contributed by atoms with Gasteiger partial charge in [-0.1, -0.05) is 27.7 Å². The predicted octanol–water partition coefficient (Wildman–Crippen LogP) is 3.18. The van der Waals surface area contributed by atoms with Gasteiger partial charge in [0, 0.05) is 17.8 Å². The zero-order valence-electron chi connectivity index (χ0n) is 11.6. The van der Waals surface area contributed by atoms with Crippen molar-refractivity contribution in [2.45, 2.75) is 40.2 Å². The number of nitrogens with one attached hydrogen (secondary N) is 1. The van der Waals surface area contributed by atoms with E-state index in [4.69, 9.17) is 4.74 Å². The summed E-state index contributed by atoms with van der Waals surface area (Å²) in [5.41, 5.74) is 1.33. The van der Waals surface area contributed by atoms with Gasteiger partial charge in [-0.05, 0) is 24.4 Å². The van der Waals surface area contributed by atoms with Crippen molar-refractivity contribution >= 4 is 0 Å². The molecule has 0 aromatic carbocycles. The number of ether oxygens (including phenoxy) is 1. The molecular formula is C14H24N2O. The van der Waals surface area contributed by atoms with Crippen molar-refractivity contribution in [3.05, 3.63) is 24.0 Å². The Labute approximate surface area is 105 Å². The third kappa shape index (κ3) is 3.70. The second kappa shape index (κ2) is 6.01. The van der Waals surface area contributed by atoms with Gasteiger partial charge in [-0.15, -0.1) is 0 Å². The Morgan fingerprint density at radius 2 is 2.12 bits per heavy atom. The summed E-state index contributed by atoms with van der Waals surface area (Å²) in [4.78, 5) is 4.11. The Balaban J connectivity index is 3.03. The van der Waals surface area contributed by atoms with E-state index < -0.39 is 0 Å². The molecule has 0 amide bonds. The Bertz CT molecular complexity index is 344. The topological polar surface area (TPSA) is 34.2 Å². The molecule has 0 aliphatic heterocycles. The van der Waals surface area contributed by atoms with Gasteiger partial charge in [-0.3, -0.25) is 4.98 Å². The van der Waals surface area contributed by atoms with Crippen molar-refractivity contribution in [3.8, 4) is 5.75 Å². The van der Waals surface area contributed by atoms with Gasteiger partial charge in [-0.25, -0.2) is 0 Å². The van der Waals surface area contributed by atoms with Crippen LogP contribution < -0.4 is 10.1 Å². The van der Waals surface area contributed by atoms with E-state index >= 15 is 0 Å². The lowest BCUT2D eigenvalue weighted by atomic mass is 9.82. The van der Waals surface area contributed by atoms with Crippen molar-refractivity contribution in [2.75, 3.05) is 13.7 Å². The van der Waals surface area contributed by atoms with Crippen LogP contribution in [0.2, 0.25) is 0 Å². The fraction of sp³-hybridized carbons (Fsp3) is 0.643. The van der Waals surface area contributed by atoms with Crippen molar-refractivity contribution in [3.63, 3.8) is 0 Å². The molecule has 3 nitrogen and oxygen atoms in total. The first-order valence-electron chi connectivity index (χ1n) is 6.22. The minimum absolute atomic E-state index is 0.143. The highest BCUT2D eigenvalue weighted by Crippen LogP contribution is 2.36. The highest BCUT2D eigenvalue weighted by Gasteiger charge is 2.27. The maximum Gasteiger partial charge on any atom is 0.141 e. The Morgan fingerprint density at radius 1 is 1.41 bits per heavy atom. The molecule has 0 spiro atoms. The predicted molar refractivity (Wildman–Crippen MR) is 71.3 cm³/mol. The third-order valence-electron chi connectivity index (χ3n) is 2.81. The summed E-state index contributed by atoms with van der Waals surface area (Å²) in [6.07, 6.45) is 4.73. The molecule has 0 bridgehead atoms. The molecule has 96 valence electrons. The number of rotatable bonds is 5. The van der Waals surface area contributed by atoms with E-state index in [1.54, 1.807) is 13.3 Å². The SMILES string of the molecule is CCCNC(c1ccncc1OC)C(C)(C)C. The molecule has 1 heterocycles. The lowest BCUT2D eigenvalue weighted by Crippen LogP contribution is -2.33. The van der Waals surface area contributed by atoms with Crippen LogP contribution in [-0.4, -0.2) is 18.6 Å². The molecule has 17 heavy (non-hydrogen) atoms. The van der Waals surface area contributed by atoms with E-state index in [9.17, 15) is 0 Å². The summed E-state index contributed by atoms with van der Waals surface area (Å²) in [6.45, 7) is 9.89. The monoisotopic (exact) mass is 236 g/mol. The largest absolute Gasteiger partial charge is 0.495 e. The molecule has 0 radical (unpaired) electrons. The summed E-state index contributed by atoms with van der Waals surface area (Å²) in [6, 6.07) is 2.32. The molecule has 1 atom stereocenters. The van der Waals surface area contributed by atoms with E-state index in [-0.39, 0.29) is 11.5 Å². The normalized spacial score (nSPS) is 13.5. The Hall–Kier alpha value is -1.09. The average molecular weight is 236 g/mol. The van der Waals surface area contributed by atoms with Crippen LogP contribution >= 0.6 is 0 Å².